The lowest BCUT2D eigenvalue weighted by Crippen LogP contribution is -2.34. The summed E-state index contributed by atoms with van der Waals surface area (Å²) in [6.45, 7) is 17.1. The van der Waals surface area contributed by atoms with Crippen molar-refractivity contribution in [2.75, 3.05) is 45.6 Å². The molecule has 9 nitrogen and oxygen atoms in total. The smallest absolute Gasteiger partial charge is 0.253 e. The highest BCUT2D eigenvalue weighted by Crippen LogP contribution is 2.24. The zero-order valence-corrected chi connectivity index (χ0v) is 30.7. The SMILES string of the molecule is CCC.CN1CCCCCC1.CNS(=O)(=O)c1ccc(Nc2nc3ccc(C(=O)N(CCC(C)C)CCC(C)C)cc3n2C)cc1. The van der Waals surface area contributed by atoms with E-state index in [2.05, 4.69) is 68.5 Å². The topological polar surface area (TPSA) is 99.6 Å². The number of fused-ring (bicyclic) bond motifs is 1. The van der Waals surface area contributed by atoms with Crippen molar-refractivity contribution in [2.45, 2.75) is 91.4 Å². The number of likely N-dealkylation sites (tertiary alicyclic amines) is 1. The number of nitrogens with one attached hydrogen (secondary N) is 2. The Morgan fingerprint density at radius 1 is 0.891 bits per heavy atom. The van der Waals surface area contributed by atoms with Gasteiger partial charge in [-0.1, -0.05) is 60.8 Å². The van der Waals surface area contributed by atoms with E-state index < -0.39 is 10.0 Å². The number of aryl methyl sites for hydroxylation is 1. The van der Waals surface area contributed by atoms with Crippen molar-refractivity contribution < 1.29 is 13.2 Å². The van der Waals surface area contributed by atoms with Crippen molar-refractivity contribution in [3.05, 3.63) is 48.0 Å². The number of sulfonamides is 1. The normalized spacial score (nSPS) is 13.9. The summed E-state index contributed by atoms with van der Waals surface area (Å²) in [5, 5.41) is 3.24. The fourth-order valence-electron chi connectivity index (χ4n) is 4.95. The highest BCUT2D eigenvalue weighted by molar-refractivity contribution is 7.89. The van der Waals surface area contributed by atoms with Crippen molar-refractivity contribution in [1.29, 1.82) is 0 Å². The molecule has 1 aliphatic rings. The monoisotopic (exact) mass is 656 g/mol. The molecule has 4 rings (SSSR count). The summed E-state index contributed by atoms with van der Waals surface area (Å²) >= 11 is 0. The van der Waals surface area contributed by atoms with Crippen LogP contribution in [0.15, 0.2) is 47.4 Å². The quantitative estimate of drug-likeness (QED) is 0.220. The fourth-order valence-corrected chi connectivity index (χ4v) is 5.68. The number of imidazole rings is 1. The number of aromatic nitrogens is 2. The van der Waals surface area contributed by atoms with Gasteiger partial charge in [0.05, 0.1) is 15.9 Å². The lowest BCUT2D eigenvalue weighted by Gasteiger charge is -2.24. The van der Waals surface area contributed by atoms with Crippen LogP contribution in [0.5, 0.6) is 0 Å². The Bertz CT molecular complexity index is 1410. The zero-order chi connectivity index (χ0) is 34.3. The molecule has 1 aromatic heterocycles. The van der Waals surface area contributed by atoms with Crippen LogP contribution < -0.4 is 10.0 Å². The molecule has 2 heterocycles. The lowest BCUT2D eigenvalue weighted by molar-refractivity contribution is 0.0741. The standard InChI is InChI=1S/C26H37N5O3S.C7H15N.C3H8/c1-18(2)13-15-31(16-14-19(3)4)25(32)20-7-12-23-24(17-20)30(6)26(29-23)28-21-8-10-22(11-9-21)35(33,34)27-5;1-8-6-4-2-3-5-7-8;1-3-2/h7-12,17-19,27H,13-16H2,1-6H3,(H,28,29);2-7H2,1H3;3H2,1-2H3. The Kier molecular flexibility index (Phi) is 16.8. The molecule has 1 fully saturated rings. The summed E-state index contributed by atoms with van der Waals surface area (Å²) in [6, 6.07) is 12.1. The average molecular weight is 657 g/mol. The molecule has 258 valence electrons. The summed E-state index contributed by atoms with van der Waals surface area (Å²) in [5.74, 6) is 1.71. The van der Waals surface area contributed by atoms with Gasteiger partial charge in [-0.25, -0.2) is 18.1 Å². The van der Waals surface area contributed by atoms with E-state index in [-0.39, 0.29) is 10.8 Å². The van der Waals surface area contributed by atoms with Gasteiger partial charge in [-0.2, -0.15) is 0 Å². The Balaban J connectivity index is 0.000000567. The lowest BCUT2D eigenvalue weighted by atomic mass is 10.1. The second-order valence-electron chi connectivity index (χ2n) is 13.1. The van der Waals surface area contributed by atoms with Crippen LogP contribution in [0.1, 0.15) is 96.8 Å². The highest BCUT2D eigenvalue weighted by atomic mass is 32.2. The maximum Gasteiger partial charge on any atom is 0.253 e. The molecule has 0 saturated carbocycles. The van der Waals surface area contributed by atoms with Gasteiger partial charge >= 0.3 is 0 Å². The number of carbonyl (C=O) groups excluding carboxylic acids is 1. The molecule has 1 saturated heterocycles. The van der Waals surface area contributed by atoms with Crippen LogP contribution in [-0.2, 0) is 17.1 Å². The minimum absolute atomic E-state index is 0.0465. The van der Waals surface area contributed by atoms with Crippen LogP contribution in [0, 0.1) is 11.8 Å². The molecule has 0 bridgehead atoms. The first-order valence-corrected chi connectivity index (χ1v) is 18.6. The maximum atomic E-state index is 13.4. The number of benzene rings is 2. The summed E-state index contributed by atoms with van der Waals surface area (Å²) in [4.78, 5) is 22.6. The molecule has 2 aromatic carbocycles. The average Bonchev–Trinajstić information content (AvgIpc) is 3.15. The first kappa shape index (κ1) is 39.2. The summed E-state index contributed by atoms with van der Waals surface area (Å²) in [6.07, 6.45) is 8.92. The highest BCUT2D eigenvalue weighted by Gasteiger charge is 2.19. The van der Waals surface area contributed by atoms with Crippen LogP contribution >= 0.6 is 0 Å². The fraction of sp³-hybridized carbons (Fsp3) is 0.611. The van der Waals surface area contributed by atoms with Gasteiger partial charge in [0.2, 0.25) is 16.0 Å². The Hall–Kier alpha value is -2.95. The molecule has 0 aliphatic carbocycles. The Morgan fingerprint density at radius 3 is 1.93 bits per heavy atom. The van der Waals surface area contributed by atoms with Crippen LogP contribution in [0.4, 0.5) is 11.6 Å². The number of nitrogens with zero attached hydrogens (tertiary/aromatic N) is 4. The third-order valence-electron chi connectivity index (χ3n) is 7.89. The predicted molar refractivity (Wildman–Crippen MR) is 193 cm³/mol. The van der Waals surface area contributed by atoms with E-state index in [1.807, 2.05) is 34.7 Å². The molecule has 1 amide bonds. The maximum absolute atomic E-state index is 13.4. The van der Waals surface area contributed by atoms with Crippen LogP contribution in [0.3, 0.4) is 0 Å². The second-order valence-corrected chi connectivity index (χ2v) is 15.0. The number of carbonyl (C=O) groups is 1. The summed E-state index contributed by atoms with van der Waals surface area (Å²) < 4.78 is 28.1. The molecule has 46 heavy (non-hydrogen) atoms. The van der Waals surface area contributed by atoms with Gasteiger partial charge in [-0.05, 0) is 107 Å². The number of amides is 1. The van der Waals surface area contributed by atoms with Gasteiger partial charge in [-0.15, -0.1) is 0 Å². The first-order valence-electron chi connectivity index (χ1n) is 17.1. The van der Waals surface area contributed by atoms with E-state index in [1.165, 1.54) is 64.4 Å². The number of anilines is 2. The van der Waals surface area contributed by atoms with Gasteiger partial charge < -0.3 is 19.7 Å². The van der Waals surface area contributed by atoms with Crippen LogP contribution in [0.25, 0.3) is 11.0 Å². The third-order valence-corrected chi connectivity index (χ3v) is 9.32. The summed E-state index contributed by atoms with van der Waals surface area (Å²) in [7, 11) is 2.00. The van der Waals surface area contributed by atoms with Crippen molar-refractivity contribution in [2.24, 2.45) is 18.9 Å². The van der Waals surface area contributed by atoms with E-state index >= 15 is 0 Å². The molecular formula is C36H60N6O3S. The van der Waals surface area contributed by atoms with E-state index in [1.54, 1.807) is 12.1 Å². The largest absolute Gasteiger partial charge is 0.339 e. The number of hydrogen-bond acceptors (Lipinski definition) is 6. The van der Waals surface area contributed by atoms with Gasteiger partial charge in [0, 0.05) is 31.4 Å². The molecule has 0 atom stereocenters. The molecule has 0 spiro atoms. The van der Waals surface area contributed by atoms with E-state index in [0.29, 0.717) is 29.0 Å². The minimum Gasteiger partial charge on any atom is -0.339 e. The molecular weight excluding hydrogens is 597 g/mol. The van der Waals surface area contributed by atoms with Crippen molar-refractivity contribution in [3.8, 4) is 0 Å². The Labute approximate surface area is 279 Å². The van der Waals surface area contributed by atoms with E-state index in [0.717, 1.165) is 37.0 Å². The van der Waals surface area contributed by atoms with Crippen molar-refractivity contribution in [3.63, 3.8) is 0 Å². The molecule has 10 heteroatoms. The molecule has 3 aromatic rings. The number of rotatable bonds is 11. The van der Waals surface area contributed by atoms with E-state index in [4.69, 9.17) is 0 Å². The van der Waals surface area contributed by atoms with Crippen LogP contribution in [0.2, 0.25) is 0 Å². The van der Waals surface area contributed by atoms with Crippen LogP contribution in [-0.4, -0.2) is 74.0 Å². The number of hydrogen-bond donors (Lipinski definition) is 2. The van der Waals surface area contributed by atoms with Gasteiger partial charge in [0.15, 0.2) is 0 Å². The van der Waals surface area contributed by atoms with Crippen molar-refractivity contribution >= 4 is 38.6 Å². The summed E-state index contributed by atoms with van der Waals surface area (Å²) in [5.41, 5.74) is 2.99. The van der Waals surface area contributed by atoms with E-state index in [9.17, 15) is 13.2 Å². The zero-order valence-electron chi connectivity index (χ0n) is 29.9. The third kappa shape index (κ3) is 12.7. The first-order chi connectivity index (χ1) is 21.8. The van der Waals surface area contributed by atoms with Gasteiger partial charge in [0.25, 0.3) is 5.91 Å². The van der Waals surface area contributed by atoms with Gasteiger partial charge in [-0.3, -0.25) is 4.79 Å². The molecule has 1 aliphatic heterocycles. The van der Waals surface area contributed by atoms with Crippen molar-refractivity contribution in [1.82, 2.24) is 24.1 Å². The molecule has 0 unspecified atom stereocenters. The van der Waals surface area contributed by atoms with Gasteiger partial charge in [0.1, 0.15) is 0 Å². The predicted octanol–water partition coefficient (Wildman–Crippen LogP) is 7.67. The second kappa shape index (κ2) is 19.7. The Morgan fingerprint density at radius 2 is 1.43 bits per heavy atom. The molecule has 2 N–H and O–H groups in total. The molecule has 0 radical (unpaired) electrons. The minimum atomic E-state index is -3.49.